The van der Waals surface area contributed by atoms with Crippen LogP contribution in [0.1, 0.15) is 18.4 Å². The van der Waals surface area contributed by atoms with E-state index in [2.05, 4.69) is 10.2 Å². The molecule has 3 heterocycles. The van der Waals surface area contributed by atoms with E-state index in [4.69, 9.17) is 5.26 Å². The number of hydrogen-bond donors (Lipinski definition) is 1. The highest BCUT2D eigenvalue weighted by Gasteiger charge is 2.33. The number of piperidine rings is 3. The minimum atomic E-state index is -0.447. The van der Waals surface area contributed by atoms with E-state index in [9.17, 15) is 4.39 Å². The summed E-state index contributed by atoms with van der Waals surface area (Å²) in [6.45, 7) is 3.47. The summed E-state index contributed by atoms with van der Waals surface area (Å²) >= 11 is 0. The molecule has 2 bridgehead atoms. The second kappa shape index (κ2) is 4.58. The molecule has 0 spiro atoms. The molecule has 1 N–H and O–H groups in total. The first-order valence-corrected chi connectivity index (χ1v) is 6.45. The van der Waals surface area contributed by atoms with Crippen molar-refractivity contribution in [3.63, 3.8) is 0 Å². The van der Waals surface area contributed by atoms with Crippen molar-refractivity contribution in [1.29, 1.82) is 5.26 Å². The molecule has 0 aliphatic carbocycles. The standard InChI is InChI=1S/C14H16FN3/c15-13-2-1-12(7-11(13)8-16)17-14-9-18-5-3-10(14)4-6-18/h1-2,7,10,14,17H,3-6,9H2. The van der Waals surface area contributed by atoms with Crippen LogP contribution < -0.4 is 5.32 Å². The summed E-state index contributed by atoms with van der Waals surface area (Å²) in [5.74, 6) is 0.266. The van der Waals surface area contributed by atoms with Crippen molar-refractivity contribution in [3.8, 4) is 6.07 Å². The lowest BCUT2D eigenvalue weighted by atomic mass is 9.84. The topological polar surface area (TPSA) is 39.1 Å². The van der Waals surface area contributed by atoms with E-state index in [1.54, 1.807) is 12.1 Å². The van der Waals surface area contributed by atoms with Gasteiger partial charge in [-0.3, -0.25) is 0 Å². The molecule has 1 aromatic rings. The highest BCUT2D eigenvalue weighted by atomic mass is 19.1. The van der Waals surface area contributed by atoms with Crippen molar-refractivity contribution >= 4 is 5.69 Å². The molecule has 1 unspecified atom stereocenters. The molecule has 3 saturated heterocycles. The normalized spacial score (nSPS) is 29.9. The van der Waals surface area contributed by atoms with Crippen LogP contribution in [-0.4, -0.2) is 30.6 Å². The SMILES string of the molecule is N#Cc1cc(NC2CN3CCC2CC3)ccc1F. The van der Waals surface area contributed by atoms with Crippen molar-refractivity contribution in [3.05, 3.63) is 29.6 Å². The van der Waals surface area contributed by atoms with E-state index in [1.165, 1.54) is 32.0 Å². The van der Waals surface area contributed by atoms with Crippen molar-refractivity contribution in [2.24, 2.45) is 5.92 Å². The number of hydrogen-bond acceptors (Lipinski definition) is 3. The molecule has 0 saturated carbocycles. The second-order valence-electron chi connectivity index (χ2n) is 5.20. The third-order valence-electron chi connectivity index (χ3n) is 4.10. The van der Waals surface area contributed by atoms with Crippen molar-refractivity contribution < 1.29 is 4.39 Å². The van der Waals surface area contributed by atoms with Gasteiger partial charge in [-0.2, -0.15) is 5.26 Å². The van der Waals surface area contributed by atoms with E-state index in [-0.39, 0.29) is 5.56 Å². The van der Waals surface area contributed by atoms with Gasteiger partial charge in [-0.15, -0.1) is 0 Å². The maximum Gasteiger partial charge on any atom is 0.141 e. The number of fused-ring (bicyclic) bond motifs is 3. The molecule has 0 amide bonds. The van der Waals surface area contributed by atoms with Crippen molar-refractivity contribution in [1.82, 2.24) is 4.90 Å². The Bertz CT molecular complexity index is 486. The Hall–Kier alpha value is -1.60. The van der Waals surface area contributed by atoms with Gasteiger partial charge < -0.3 is 10.2 Å². The van der Waals surface area contributed by atoms with E-state index < -0.39 is 5.82 Å². The minimum Gasteiger partial charge on any atom is -0.381 e. The van der Waals surface area contributed by atoms with E-state index in [1.807, 2.05) is 6.07 Å². The summed E-state index contributed by atoms with van der Waals surface area (Å²) in [5, 5.41) is 12.3. The number of anilines is 1. The Morgan fingerprint density at radius 3 is 2.72 bits per heavy atom. The first kappa shape index (κ1) is 11.5. The first-order valence-electron chi connectivity index (χ1n) is 6.45. The van der Waals surface area contributed by atoms with Gasteiger partial charge in [0.05, 0.1) is 5.56 Å². The lowest BCUT2D eigenvalue weighted by molar-refractivity contribution is 0.0975. The monoisotopic (exact) mass is 245 g/mol. The molecule has 4 heteroatoms. The number of halogens is 1. The minimum absolute atomic E-state index is 0.112. The zero-order valence-electron chi connectivity index (χ0n) is 10.2. The predicted molar refractivity (Wildman–Crippen MR) is 67.7 cm³/mol. The van der Waals surface area contributed by atoms with Gasteiger partial charge in [0.2, 0.25) is 0 Å². The molecule has 18 heavy (non-hydrogen) atoms. The Kier molecular flexibility index (Phi) is 2.92. The summed E-state index contributed by atoms with van der Waals surface area (Å²) in [7, 11) is 0. The Balaban J connectivity index is 1.75. The summed E-state index contributed by atoms with van der Waals surface area (Å²) in [6.07, 6.45) is 2.48. The number of benzene rings is 1. The van der Waals surface area contributed by atoms with Crippen LogP contribution in [-0.2, 0) is 0 Å². The average Bonchev–Trinajstić information content (AvgIpc) is 2.42. The Morgan fingerprint density at radius 2 is 2.11 bits per heavy atom. The summed E-state index contributed by atoms with van der Waals surface area (Å²) in [4.78, 5) is 2.46. The third kappa shape index (κ3) is 2.06. The molecule has 1 aromatic carbocycles. The summed E-state index contributed by atoms with van der Waals surface area (Å²) in [6, 6.07) is 7.00. The fourth-order valence-electron chi connectivity index (χ4n) is 3.04. The molecule has 4 rings (SSSR count). The maximum atomic E-state index is 13.2. The van der Waals surface area contributed by atoms with Gasteiger partial charge in [-0.1, -0.05) is 0 Å². The van der Waals surface area contributed by atoms with Crippen LogP contribution in [0.5, 0.6) is 0 Å². The van der Waals surface area contributed by atoms with Crippen molar-refractivity contribution in [2.45, 2.75) is 18.9 Å². The fourth-order valence-corrected chi connectivity index (χ4v) is 3.04. The molecule has 3 aliphatic heterocycles. The molecular weight excluding hydrogens is 229 g/mol. The van der Waals surface area contributed by atoms with E-state index in [0.717, 1.165) is 12.2 Å². The van der Waals surface area contributed by atoms with E-state index >= 15 is 0 Å². The smallest absolute Gasteiger partial charge is 0.141 e. The molecule has 3 nitrogen and oxygen atoms in total. The fraction of sp³-hybridized carbons (Fsp3) is 0.500. The maximum absolute atomic E-state index is 13.2. The largest absolute Gasteiger partial charge is 0.381 e. The highest BCUT2D eigenvalue weighted by Crippen LogP contribution is 2.30. The van der Waals surface area contributed by atoms with Crippen LogP contribution in [0.25, 0.3) is 0 Å². The zero-order chi connectivity index (χ0) is 12.5. The molecule has 3 aliphatic rings. The van der Waals surface area contributed by atoms with Crippen LogP contribution in [0.3, 0.4) is 0 Å². The molecule has 0 aromatic heterocycles. The van der Waals surface area contributed by atoms with Crippen LogP contribution in [0.2, 0.25) is 0 Å². The van der Waals surface area contributed by atoms with E-state index in [0.29, 0.717) is 12.0 Å². The van der Waals surface area contributed by atoms with Crippen molar-refractivity contribution in [2.75, 3.05) is 25.0 Å². The highest BCUT2D eigenvalue weighted by molar-refractivity contribution is 5.50. The molecule has 0 radical (unpaired) electrons. The Labute approximate surface area is 106 Å². The quantitative estimate of drug-likeness (QED) is 0.868. The van der Waals surface area contributed by atoms with Gasteiger partial charge >= 0.3 is 0 Å². The Morgan fingerprint density at radius 1 is 1.33 bits per heavy atom. The molecule has 1 atom stereocenters. The summed E-state index contributed by atoms with van der Waals surface area (Å²) < 4.78 is 13.2. The van der Waals surface area contributed by atoms with Gasteiger partial charge in [0.1, 0.15) is 11.9 Å². The lowest BCUT2D eigenvalue weighted by Gasteiger charge is -2.45. The lowest BCUT2D eigenvalue weighted by Crippen LogP contribution is -2.53. The molecule has 94 valence electrons. The predicted octanol–water partition coefficient (Wildman–Crippen LogP) is 2.20. The number of rotatable bonds is 2. The molecule has 3 fully saturated rings. The molecular formula is C14H16FN3. The van der Waals surface area contributed by atoms with Gasteiger partial charge in [0, 0.05) is 18.3 Å². The first-order chi connectivity index (χ1) is 8.76. The summed E-state index contributed by atoms with van der Waals surface area (Å²) in [5.41, 5.74) is 0.966. The van der Waals surface area contributed by atoms with Crippen LogP contribution in [0, 0.1) is 23.1 Å². The second-order valence-corrected chi connectivity index (χ2v) is 5.20. The van der Waals surface area contributed by atoms with Gasteiger partial charge in [-0.05, 0) is 50.0 Å². The average molecular weight is 245 g/mol. The third-order valence-corrected chi connectivity index (χ3v) is 4.10. The van der Waals surface area contributed by atoms with Crippen LogP contribution in [0.4, 0.5) is 10.1 Å². The number of nitrogens with zero attached hydrogens (tertiary/aromatic N) is 2. The number of nitrogens with one attached hydrogen (secondary N) is 1. The van der Waals surface area contributed by atoms with Gasteiger partial charge in [-0.25, -0.2) is 4.39 Å². The van der Waals surface area contributed by atoms with Crippen LogP contribution >= 0.6 is 0 Å². The zero-order valence-corrected chi connectivity index (χ0v) is 10.2. The number of nitriles is 1. The van der Waals surface area contributed by atoms with Gasteiger partial charge in [0.25, 0.3) is 0 Å². The van der Waals surface area contributed by atoms with Crippen LogP contribution in [0.15, 0.2) is 18.2 Å². The van der Waals surface area contributed by atoms with Gasteiger partial charge in [0.15, 0.2) is 0 Å².